The molecular weight excluding hydrogens is 326 g/mol. The van der Waals surface area contributed by atoms with E-state index in [4.69, 9.17) is 10.00 Å². The maximum atomic E-state index is 11.8. The van der Waals surface area contributed by atoms with E-state index in [1.807, 2.05) is 12.1 Å². The summed E-state index contributed by atoms with van der Waals surface area (Å²) in [5.74, 6) is 0.684. The molecule has 2 aromatic carbocycles. The molecule has 5 heteroatoms. The average molecular weight is 351 g/mol. The molecule has 0 aliphatic rings. The summed E-state index contributed by atoms with van der Waals surface area (Å²) in [7, 11) is 0. The number of ether oxygens (including phenoxy) is 1. The summed E-state index contributed by atoms with van der Waals surface area (Å²) in [6.07, 6.45) is 0. The van der Waals surface area contributed by atoms with Gasteiger partial charge in [-0.15, -0.1) is 0 Å². The summed E-state index contributed by atoms with van der Waals surface area (Å²) < 4.78 is 5.65. The summed E-state index contributed by atoms with van der Waals surface area (Å²) in [5, 5.41) is 14.6. The maximum absolute atomic E-state index is 11.8. The lowest BCUT2D eigenvalue weighted by Crippen LogP contribution is -2.33. The van der Waals surface area contributed by atoms with Crippen LogP contribution in [0.1, 0.15) is 31.9 Å². The van der Waals surface area contributed by atoms with Crippen molar-refractivity contribution in [3.8, 4) is 11.8 Å². The predicted octanol–water partition coefficient (Wildman–Crippen LogP) is 3.46. The second kappa shape index (κ2) is 8.91. The molecule has 2 rings (SSSR count). The average Bonchev–Trinajstić information content (AvgIpc) is 2.63. The van der Waals surface area contributed by atoms with Crippen LogP contribution in [-0.2, 0) is 10.2 Å². The molecule has 0 aromatic heterocycles. The number of nitrogens with one attached hydrogen (secondary N) is 2. The Morgan fingerprint density at radius 2 is 1.73 bits per heavy atom. The van der Waals surface area contributed by atoms with E-state index in [1.54, 1.807) is 24.3 Å². The van der Waals surface area contributed by atoms with Gasteiger partial charge in [0, 0.05) is 5.69 Å². The maximum Gasteiger partial charge on any atom is 0.239 e. The fourth-order valence-electron chi connectivity index (χ4n) is 2.32. The van der Waals surface area contributed by atoms with Crippen LogP contribution in [0.3, 0.4) is 0 Å². The fourth-order valence-corrected chi connectivity index (χ4v) is 2.32. The molecule has 0 aliphatic carbocycles. The first-order chi connectivity index (χ1) is 12.4. The third-order valence-electron chi connectivity index (χ3n) is 3.88. The first-order valence-corrected chi connectivity index (χ1v) is 8.62. The van der Waals surface area contributed by atoms with Gasteiger partial charge in [0.1, 0.15) is 12.4 Å². The van der Waals surface area contributed by atoms with E-state index in [0.29, 0.717) is 18.7 Å². The number of carbonyl (C=O) groups excluding carboxylic acids is 1. The van der Waals surface area contributed by atoms with Crippen molar-refractivity contribution in [2.75, 3.05) is 25.0 Å². The minimum Gasteiger partial charge on any atom is -0.492 e. The first kappa shape index (κ1) is 19.3. The fraction of sp³-hybridized carbons (Fsp3) is 0.333. The largest absolute Gasteiger partial charge is 0.492 e. The SMILES string of the molecule is CC(C)(C)c1ccc(OCCNC(=O)CNc2ccc(C#N)cc2)cc1. The normalized spacial score (nSPS) is 10.7. The first-order valence-electron chi connectivity index (χ1n) is 8.62. The number of carbonyl (C=O) groups is 1. The summed E-state index contributed by atoms with van der Waals surface area (Å²) in [6, 6.07) is 17.1. The number of rotatable bonds is 7. The molecule has 2 N–H and O–H groups in total. The number of hydrogen-bond donors (Lipinski definition) is 2. The number of amides is 1. The van der Waals surface area contributed by atoms with Crippen molar-refractivity contribution in [2.24, 2.45) is 0 Å². The standard InChI is InChI=1S/C21H25N3O2/c1-21(2,3)17-6-10-19(11-7-17)26-13-12-23-20(25)15-24-18-8-4-16(14-22)5-9-18/h4-11,24H,12-13,15H2,1-3H3,(H,23,25). The van der Waals surface area contributed by atoms with Gasteiger partial charge in [0.15, 0.2) is 0 Å². The van der Waals surface area contributed by atoms with Crippen LogP contribution in [0.2, 0.25) is 0 Å². The molecule has 0 atom stereocenters. The Morgan fingerprint density at radius 1 is 1.08 bits per heavy atom. The zero-order chi connectivity index (χ0) is 19.0. The Hall–Kier alpha value is -3.00. The molecule has 0 aliphatic heterocycles. The molecule has 0 unspecified atom stereocenters. The van der Waals surface area contributed by atoms with Crippen LogP contribution >= 0.6 is 0 Å². The van der Waals surface area contributed by atoms with Crippen molar-refractivity contribution in [3.63, 3.8) is 0 Å². The van der Waals surface area contributed by atoms with Crippen molar-refractivity contribution in [2.45, 2.75) is 26.2 Å². The molecule has 0 heterocycles. The summed E-state index contributed by atoms with van der Waals surface area (Å²) >= 11 is 0. The Bertz CT molecular complexity index is 754. The molecule has 0 fully saturated rings. The highest BCUT2D eigenvalue weighted by molar-refractivity contribution is 5.80. The molecule has 0 bridgehead atoms. The van der Waals surface area contributed by atoms with Gasteiger partial charge in [0.2, 0.25) is 5.91 Å². The van der Waals surface area contributed by atoms with Gasteiger partial charge in [-0.25, -0.2) is 0 Å². The lowest BCUT2D eigenvalue weighted by atomic mass is 9.87. The predicted molar refractivity (Wildman–Crippen MR) is 103 cm³/mol. The second-order valence-electron chi connectivity index (χ2n) is 7.02. The van der Waals surface area contributed by atoms with Gasteiger partial charge in [-0.1, -0.05) is 32.9 Å². The smallest absolute Gasteiger partial charge is 0.239 e. The van der Waals surface area contributed by atoms with Crippen LogP contribution < -0.4 is 15.4 Å². The van der Waals surface area contributed by atoms with Gasteiger partial charge < -0.3 is 15.4 Å². The van der Waals surface area contributed by atoms with E-state index >= 15 is 0 Å². The highest BCUT2D eigenvalue weighted by Crippen LogP contribution is 2.24. The quantitative estimate of drug-likeness (QED) is 0.749. The number of benzene rings is 2. The van der Waals surface area contributed by atoms with Crippen LogP contribution in [0.4, 0.5) is 5.69 Å². The molecule has 5 nitrogen and oxygen atoms in total. The Labute approximate surface area is 155 Å². The highest BCUT2D eigenvalue weighted by Gasteiger charge is 2.12. The van der Waals surface area contributed by atoms with E-state index in [9.17, 15) is 4.79 Å². The van der Waals surface area contributed by atoms with Crippen LogP contribution in [0.5, 0.6) is 5.75 Å². The molecular formula is C21H25N3O2. The molecule has 26 heavy (non-hydrogen) atoms. The summed E-state index contributed by atoms with van der Waals surface area (Å²) in [5.41, 5.74) is 2.77. The zero-order valence-corrected chi connectivity index (χ0v) is 15.5. The molecule has 0 saturated heterocycles. The highest BCUT2D eigenvalue weighted by atomic mass is 16.5. The van der Waals surface area contributed by atoms with Crippen LogP contribution in [-0.4, -0.2) is 25.6 Å². The third-order valence-corrected chi connectivity index (χ3v) is 3.88. The summed E-state index contributed by atoms with van der Waals surface area (Å²) in [4.78, 5) is 11.8. The molecule has 0 radical (unpaired) electrons. The number of anilines is 1. The van der Waals surface area contributed by atoms with E-state index in [1.165, 1.54) is 5.56 Å². The van der Waals surface area contributed by atoms with E-state index in [-0.39, 0.29) is 17.9 Å². The van der Waals surface area contributed by atoms with Crippen LogP contribution in [0.15, 0.2) is 48.5 Å². The van der Waals surface area contributed by atoms with Crippen molar-refractivity contribution >= 4 is 11.6 Å². The zero-order valence-electron chi connectivity index (χ0n) is 15.5. The molecule has 0 saturated carbocycles. The van der Waals surface area contributed by atoms with Crippen LogP contribution in [0, 0.1) is 11.3 Å². The van der Waals surface area contributed by atoms with Gasteiger partial charge in [0.05, 0.1) is 24.7 Å². The van der Waals surface area contributed by atoms with Gasteiger partial charge in [-0.3, -0.25) is 4.79 Å². The third kappa shape index (κ3) is 6.14. The van der Waals surface area contributed by atoms with Gasteiger partial charge in [-0.05, 0) is 47.4 Å². The minimum atomic E-state index is -0.110. The minimum absolute atomic E-state index is 0.110. The van der Waals surface area contributed by atoms with Crippen molar-refractivity contribution in [1.82, 2.24) is 5.32 Å². The van der Waals surface area contributed by atoms with E-state index in [0.717, 1.165) is 11.4 Å². The van der Waals surface area contributed by atoms with E-state index < -0.39 is 0 Å². The van der Waals surface area contributed by atoms with E-state index in [2.05, 4.69) is 49.6 Å². The Kier molecular flexibility index (Phi) is 6.62. The topological polar surface area (TPSA) is 74.2 Å². The Balaban J connectivity index is 1.66. The van der Waals surface area contributed by atoms with Crippen LogP contribution in [0.25, 0.3) is 0 Å². The second-order valence-corrected chi connectivity index (χ2v) is 7.02. The van der Waals surface area contributed by atoms with Crippen molar-refractivity contribution in [3.05, 3.63) is 59.7 Å². The number of nitriles is 1. The lowest BCUT2D eigenvalue weighted by Gasteiger charge is -2.19. The lowest BCUT2D eigenvalue weighted by molar-refractivity contribution is -0.119. The van der Waals surface area contributed by atoms with Gasteiger partial charge in [0.25, 0.3) is 0 Å². The van der Waals surface area contributed by atoms with Gasteiger partial charge >= 0.3 is 0 Å². The van der Waals surface area contributed by atoms with Gasteiger partial charge in [-0.2, -0.15) is 5.26 Å². The molecule has 136 valence electrons. The monoisotopic (exact) mass is 351 g/mol. The molecule has 1 amide bonds. The van der Waals surface area contributed by atoms with Crippen molar-refractivity contribution in [1.29, 1.82) is 5.26 Å². The summed E-state index contributed by atoms with van der Waals surface area (Å²) in [6.45, 7) is 7.54. The Morgan fingerprint density at radius 3 is 2.31 bits per heavy atom. The molecule has 2 aromatic rings. The number of nitrogens with zero attached hydrogens (tertiary/aromatic N) is 1. The molecule has 0 spiro atoms. The van der Waals surface area contributed by atoms with Crippen molar-refractivity contribution < 1.29 is 9.53 Å². The number of hydrogen-bond acceptors (Lipinski definition) is 4.